The Morgan fingerprint density at radius 1 is 1.14 bits per heavy atom. The first-order valence-corrected chi connectivity index (χ1v) is 7.66. The first-order valence-electron chi connectivity index (χ1n) is 7.66. The molecule has 0 radical (unpaired) electrons. The first-order chi connectivity index (χ1) is 9.84. The first kappa shape index (κ1) is 14.3. The number of ether oxygens (including phenoxy) is 1. The molecule has 21 heavy (non-hydrogen) atoms. The van der Waals surface area contributed by atoms with Crippen molar-refractivity contribution in [3.8, 4) is 5.75 Å². The van der Waals surface area contributed by atoms with Crippen molar-refractivity contribution >= 4 is 11.8 Å². The van der Waals surface area contributed by atoms with E-state index in [2.05, 4.69) is 20.8 Å². The van der Waals surface area contributed by atoms with E-state index in [1.54, 1.807) is 6.07 Å². The number of ketones is 1. The lowest BCUT2D eigenvalue weighted by Crippen LogP contribution is -2.32. The molecule has 3 nitrogen and oxygen atoms in total. The number of hydrogen-bond donors (Lipinski definition) is 0. The van der Waals surface area contributed by atoms with Gasteiger partial charge in [0.25, 0.3) is 0 Å². The van der Waals surface area contributed by atoms with Crippen molar-refractivity contribution in [2.75, 3.05) is 0 Å². The summed E-state index contributed by atoms with van der Waals surface area (Å²) in [7, 11) is 0. The third-order valence-corrected chi connectivity index (χ3v) is 6.01. The topological polar surface area (TPSA) is 43.4 Å². The van der Waals surface area contributed by atoms with Crippen LogP contribution in [0.3, 0.4) is 0 Å². The van der Waals surface area contributed by atoms with E-state index < -0.39 is 0 Å². The number of carbonyl (C=O) groups is 2. The highest BCUT2D eigenvalue weighted by atomic mass is 16.5. The molecule has 2 bridgehead atoms. The monoisotopic (exact) mass is 286 g/mol. The van der Waals surface area contributed by atoms with Crippen molar-refractivity contribution < 1.29 is 14.3 Å². The van der Waals surface area contributed by atoms with Crippen molar-refractivity contribution in [1.82, 2.24) is 0 Å². The largest absolute Gasteiger partial charge is 0.426 e. The van der Waals surface area contributed by atoms with Crippen LogP contribution in [0, 0.1) is 16.7 Å². The molecule has 2 fully saturated rings. The number of rotatable bonds is 0. The predicted octanol–water partition coefficient (Wildman–Crippen LogP) is 3.55. The molecular formula is C18H22O3. The molecule has 1 aromatic carbocycles. The van der Waals surface area contributed by atoms with Crippen LogP contribution in [-0.2, 0) is 16.0 Å². The van der Waals surface area contributed by atoms with Gasteiger partial charge in [0.05, 0.1) is 6.42 Å². The third-order valence-electron chi connectivity index (χ3n) is 6.01. The van der Waals surface area contributed by atoms with Crippen molar-refractivity contribution in [2.24, 2.45) is 16.7 Å². The summed E-state index contributed by atoms with van der Waals surface area (Å²) < 4.78 is 4.87. The normalized spacial score (nSPS) is 31.5. The molecule has 2 atom stereocenters. The Hall–Kier alpha value is -1.64. The molecular weight excluding hydrogens is 264 g/mol. The van der Waals surface area contributed by atoms with E-state index in [-0.39, 0.29) is 16.8 Å². The molecule has 2 aliphatic carbocycles. The second-order valence-corrected chi connectivity index (χ2v) is 7.18. The molecule has 2 saturated carbocycles. The fourth-order valence-electron chi connectivity index (χ4n) is 3.97. The zero-order valence-electron chi connectivity index (χ0n) is 12.9. The van der Waals surface area contributed by atoms with Gasteiger partial charge in [-0.15, -0.1) is 0 Å². The van der Waals surface area contributed by atoms with Gasteiger partial charge in [-0.3, -0.25) is 9.59 Å². The van der Waals surface area contributed by atoms with Gasteiger partial charge in [-0.1, -0.05) is 39.0 Å². The number of fused-ring (bicyclic) bond motifs is 3. The number of esters is 1. The summed E-state index contributed by atoms with van der Waals surface area (Å²) in [6.45, 7) is 6.67. The molecule has 1 aliphatic heterocycles. The van der Waals surface area contributed by atoms with Crippen LogP contribution < -0.4 is 4.74 Å². The Morgan fingerprint density at radius 2 is 1.86 bits per heavy atom. The molecule has 0 aromatic heterocycles. The van der Waals surface area contributed by atoms with E-state index >= 15 is 0 Å². The smallest absolute Gasteiger partial charge is 0.315 e. The highest BCUT2D eigenvalue weighted by Crippen LogP contribution is 2.63. The van der Waals surface area contributed by atoms with Crippen LogP contribution in [-0.4, -0.2) is 11.8 Å². The van der Waals surface area contributed by atoms with E-state index in [1.807, 2.05) is 18.2 Å². The summed E-state index contributed by atoms with van der Waals surface area (Å²) in [5.41, 5.74) is 1.30. The molecule has 0 N–H and O–H groups in total. The van der Waals surface area contributed by atoms with Crippen molar-refractivity contribution in [1.29, 1.82) is 0 Å². The van der Waals surface area contributed by atoms with Crippen LogP contribution >= 0.6 is 0 Å². The Morgan fingerprint density at radius 3 is 2.33 bits per heavy atom. The molecule has 0 amide bonds. The van der Waals surface area contributed by atoms with Gasteiger partial charge in [0.15, 0.2) is 0 Å². The molecule has 0 spiro atoms. The molecule has 4 rings (SSSR count). The molecule has 3 aliphatic rings. The summed E-state index contributed by atoms with van der Waals surface area (Å²) in [5.74, 6) is 1.76. The van der Waals surface area contributed by atoms with Gasteiger partial charge in [-0.05, 0) is 30.2 Å². The second kappa shape index (κ2) is 4.69. The Bertz CT molecular complexity index is 575. The number of para-hydroxylation sites is 1. The van der Waals surface area contributed by atoms with Crippen molar-refractivity contribution in [3.05, 3.63) is 29.8 Å². The Balaban J connectivity index is 0.000000126. The van der Waals surface area contributed by atoms with Crippen molar-refractivity contribution in [3.63, 3.8) is 0 Å². The second-order valence-electron chi connectivity index (χ2n) is 7.18. The van der Waals surface area contributed by atoms with Crippen LogP contribution in [0.5, 0.6) is 5.75 Å². The molecule has 2 unspecified atom stereocenters. The summed E-state index contributed by atoms with van der Waals surface area (Å²) in [5, 5.41) is 0. The Labute approximate surface area is 125 Å². The zero-order chi connectivity index (χ0) is 15.3. The lowest BCUT2D eigenvalue weighted by molar-refractivity contribution is -0.132. The van der Waals surface area contributed by atoms with E-state index in [0.29, 0.717) is 23.9 Å². The molecule has 1 heterocycles. The summed E-state index contributed by atoms with van der Waals surface area (Å²) in [6, 6.07) is 7.47. The van der Waals surface area contributed by atoms with Gasteiger partial charge >= 0.3 is 5.97 Å². The van der Waals surface area contributed by atoms with Gasteiger partial charge in [-0.25, -0.2) is 0 Å². The average Bonchev–Trinajstić information content (AvgIpc) is 2.96. The van der Waals surface area contributed by atoms with Gasteiger partial charge in [0, 0.05) is 17.4 Å². The minimum absolute atomic E-state index is 0.0255. The Kier molecular flexibility index (Phi) is 3.19. The summed E-state index contributed by atoms with van der Waals surface area (Å²) in [4.78, 5) is 22.3. The van der Waals surface area contributed by atoms with Crippen LogP contribution in [0.1, 0.15) is 45.6 Å². The maximum Gasteiger partial charge on any atom is 0.315 e. The van der Waals surface area contributed by atoms with Crippen LogP contribution in [0.2, 0.25) is 0 Å². The van der Waals surface area contributed by atoms with Gasteiger partial charge in [-0.2, -0.15) is 0 Å². The third kappa shape index (κ3) is 2.10. The van der Waals surface area contributed by atoms with Crippen LogP contribution in [0.4, 0.5) is 0 Å². The molecule has 1 aromatic rings. The number of hydrogen-bond acceptors (Lipinski definition) is 3. The van der Waals surface area contributed by atoms with E-state index in [0.717, 1.165) is 18.4 Å². The fraction of sp³-hybridized carbons (Fsp3) is 0.556. The average molecular weight is 286 g/mol. The van der Waals surface area contributed by atoms with E-state index in [9.17, 15) is 9.59 Å². The zero-order valence-corrected chi connectivity index (χ0v) is 12.9. The number of carbonyl (C=O) groups excluding carboxylic acids is 2. The minimum atomic E-state index is -0.152. The summed E-state index contributed by atoms with van der Waals surface area (Å²) >= 11 is 0. The quantitative estimate of drug-likeness (QED) is 0.541. The molecule has 112 valence electrons. The summed E-state index contributed by atoms with van der Waals surface area (Å²) in [6.07, 6.45) is 3.68. The molecule has 0 saturated heterocycles. The van der Waals surface area contributed by atoms with Gasteiger partial charge in [0.1, 0.15) is 11.5 Å². The highest BCUT2D eigenvalue weighted by Gasteiger charge is 2.61. The number of benzene rings is 1. The minimum Gasteiger partial charge on any atom is -0.426 e. The standard InChI is InChI=1S/C10H16O.C8H6O2/c1-9(2)7-4-5-10(9,3)8(11)6-7;9-8-5-6-3-1-2-4-7(6)10-8/h7H,4-6H2,1-3H3;1-4H,5H2. The van der Waals surface area contributed by atoms with Gasteiger partial charge in [0.2, 0.25) is 0 Å². The van der Waals surface area contributed by atoms with Crippen LogP contribution in [0.25, 0.3) is 0 Å². The lowest BCUT2D eigenvalue weighted by Gasteiger charge is -2.32. The predicted molar refractivity (Wildman–Crippen MR) is 80.0 cm³/mol. The van der Waals surface area contributed by atoms with E-state index in [4.69, 9.17) is 4.74 Å². The van der Waals surface area contributed by atoms with E-state index in [1.165, 1.54) is 6.42 Å². The number of Topliss-reactive ketones (excluding diaryl/α,β-unsaturated/α-hetero) is 1. The molecule has 3 heteroatoms. The maximum atomic E-state index is 11.6. The highest BCUT2D eigenvalue weighted by molar-refractivity contribution is 5.89. The maximum absolute atomic E-state index is 11.6. The van der Waals surface area contributed by atoms with Gasteiger partial charge < -0.3 is 4.74 Å². The lowest BCUT2D eigenvalue weighted by atomic mass is 9.70. The fourth-order valence-corrected chi connectivity index (χ4v) is 3.97. The van der Waals surface area contributed by atoms with Crippen molar-refractivity contribution in [2.45, 2.75) is 46.5 Å². The van der Waals surface area contributed by atoms with Crippen LogP contribution in [0.15, 0.2) is 24.3 Å². The SMILES string of the molecule is CC12CCC(CC1=O)C2(C)C.O=C1Cc2ccccc2O1.